The molecule has 0 radical (unpaired) electrons. The first-order chi connectivity index (χ1) is 8.47. The van der Waals surface area contributed by atoms with Gasteiger partial charge in [-0.2, -0.15) is 0 Å². The van der Waals surface area contributed by atoms with Crippen LogP contribution in [0.4, 0.5) is 0 Å². The SMILES string of the molecule is Cc1cc(C(C)NCc2cc(Br)c(Br)o2)c(C)o1. The molecule has 0 fully saturated rings. The summed E-state index contributed by atoms with van der Waals surface area (Å²) >= 11 is 6.73. The highest BCUT2D eigenvalue weighted by atomic mass is 79.9. The highest BCUT2D eigenvalue weighted by Crippen LogP contribution is 2.27. The molecule has 0 saturated carbocycles. The molecule has 1 unspecified atom stereocenters. The molecule has 0 aliphatic rings. The Hall–Kier alpha value is -0.520. The molecule has 2 heterocycles. The average molecular weight is 377 g/mol. The third-order valence-corrected chi connectivity index (χ3v) is 4.53. The molecule has 2 aromatic heterocycles. The number of aryl methyl sites for hydroxylation is 2. The predicted octanol–water partition coefficient (Wildman–Crippen LogP) is 4.87. The summed E-state index contributed by atoms with van der Waals surface area (Å²) < 4.78 is 12.7. The zero-order valence-electron chi connectivity index (χ0n) is 10.5. The molecule has 5 heteroatoms. The van der Waals surface area contributed by atoms with E-state index in [0.717, 1.165) is 26.4 Å². The Balaban J connectivity index is 2.00. The molecule has 0 aromatic carbocycles. The number of furan rings is 2. The van der Waals surface area contributed by atoms with Crippen molar-refractivity contribution in [1.29, 1.82) is 0 Å². The lowest BCUT2D eigenvalue weighted by Gasteiger charge is -2.11. The van der Waals surface area contributed by atoms with Gasteiger partial charge in [-0.3, -0.25) is 0 Å². The van der Waals surface area contributed by atoms with Crippen LogP contribution in [0.15, 0.2) is 30.1 Å². The third-order valence-electron chi connectivity index (χ3n) is 2.82. The van der Waals surface area contributed by atoms with E-state index in [0.29, 0.717) is 6.54 Å². The molecular formula is C13H15Br2NO2. The first kappa shape index (κ1) is 13.9. The van der Waals surface area contributed by atoms with Gasteiger partial charge < -0.3 is 14.2 Å². The monoisotopic (exact) mass is 375 g/mol. The van der Waals surface area contributed by atoms with Crippen molar-refractivity contribution in [1.82, 2.24) is 5.32 Å². The van der Waals surface area contributed by atoms with Gasteiger partial charge in [0.2, 0.25) is 0 Å². The van der Waals surface area contributed by atoms with Crippen molar-refractivity contribution in [3.63, 3.8) is 0 Å². The van der Waals surface area contributed by atoms with Crippen LogP contribution in [0, 0.1) is 13.8 Å². The van der Waals surface area contributed by atoms with Gasteiger partial charge in [0.15, 0.2) is 4.67 Å². The fourth-order valence-corrected chi connectivity index (χ4v) is 2.58. The van der Waals surface area contributed by atoms with Gasteiger partial charge in [0.1, 0.15) is 17.3 Å². The lowest BCUT2D eigenvalue weighted by Crippen LogP contribution is -2.17. The minimum absolute atomic E-state index is 0.227. The summed E-state index contributed by atoms with van der Waals surface area (Å²) in [5, 5.41) is 3.41. The van der Waals surface area contributed by atoms with E-state index in [2.05, 4.69) is 50.2 Å². The van der Waals surface area contributed by atoms with Crippen LogP contribution in [0.3, 0.4) is 0 Å². The fraction of sp³-hybridized carbons (Fsp3) is 0.385. The standard InChI is InChI=1S/C13H15Br2NO2/c1-7-4-11(9(3)17-7)8(2)16-6-10-5-12(14)13(15)18-10/h4-5,8,16H,6H2,1-3H3. The quantitative estimate of drug-likeness (QED) is 0.827. The van der Waals surface area contributed by atoms with Gasteiger partial charge in [-0.05, 0) is 64.8 Å². The smallest absolute Gasteiger partial charge is 0.183 e. The predicted molar refractivity (Wildman–Crippen MR) is 77.5 cm³/mol. The molecule has 0 spiro atoms. The van der Waals surface area contributed by atoms with Crippen molar-refractivity contribution in [2.24, 2.45) is 0 Å². The number of hydrogen-bond acceptors (Lipinski definition) is 3. The molecule has 18 heavy (non-hydrogen) atoms. The largest absolute Gasteiger partial charge is 0.466 e. The second kappa shape index (κ2) is 5.63. The number of nitrogens with one attached hydrogen (secondary N) is 1. The van der Waals surface area contributed by atoms with Gasteiger partial charge in [0, 0.05) is 11.6 Å². The van der Waals surface area contributed by atoms with E-state index in [1.165, 1.54) is 5.56 Å². The summed E-state index contributed by atoms with van der Waals surface area (Å²) in [5.74, 6) is 2.80. The number of rotatable bonds is 4. The topological polar surface area (TPSA) is 38.3 Å². The van der Waals surface area contributed by atoms with Crippen molar-refractivity contribution in [3.05, 3.63) is 44.1 Å². The van der Waals surface area contributed by atoms with E-state index in [1.807, 2.05) is 19.9 Å². The zero-order chi connectivity index (χ0) is 13.3. The maximum absolute atomic E-state index is 5.53. The van der Waals surface area contributed by atoms with Crippen LogP contribution in [0.2, 0.25) is 0 Å². The van der Waals surface area contributed by atoms with Crippen molar-refractivity contribution >= 4 is 31.9 Å². The third kappa shape index (κ3) is 3.08. The van der Waals surface area contributed by atoms with Crippen LogP contribution in [0.1, 0.15) is 35.8 Å². The number of hydrogen-bond donors (Lipinski definition) is 1. The van der Waals surface area contributed by atoms with E-state index in [1.54, 1.807) is 0 Å². The fourth-order valence-electron chi connectivity index (χ4n) is 1.92. The van der Waals surface area contributed by atoms with Gasteiger partial charge in [-0.1, -0.05) is 0 Å². The van der Waals surface area contributed by atoms with Crippen LogP contribution in [0.25, 0.3) is 0 Å². The van der Waals surface area contributed by atoms with Crippen LogP contribution in [0.5, 0.6) is 0 Å². The van der Waals surface area contributed by atoms with Crippen LogP contribution >= 0.6 is 31.9 Å². The Labute approximate surface area is 123 Å². The highest BCUT2D eigenvalue weighted by Gasteiger charge is 2.13. The summed E-state index contributed by atoms with van der Waals surface area (Å²) in [6.07, 6.45) is 0. The van der Waals surface area contributed by atoms with Gasteiger partial charge in [-0.15, -0.1) is 0 Å². The zero-order valence-corrected chi connectivity index (χ0v) is 13.7. The maximum atomic E-state index is 5.53. The highest BCUT2D eigenvalue weighted by molar-refractivity contribution is 9.13. The molecule has 1 atom stereocenters. The summed E-state index contributed by atoms with van der Waals surface area (Å²) in [6.45, 7) is 6.74. The Bertz CT molecular complexity index is 526. The molecule has 0 saturated heterocycles. The summed E-state index contributed by atoms with van der Waals surface area (Å²) in [4.78, 5) is 0. The molecule has 0 aliphatic carbocycles. The molecule has 2 aromatic rings. The first-order valence-corrected chi connectivity index (χ1v) is 7.30. The number of halogens is 2. The molecule has 2 rings (SSSR count). The normalized spacial score (nSPS) is 12.9. The molecule has 0 amide bonds. The first-order valence-electron chi connectivity index (χ1n) is 5.71. The van der Waals surface area contributed by atoms with Crippen LogP contribution in [-0.2, 0) is 6.54 Å². The Kier molecular flexibility index (Phi) is 4.35. The van der Waals surface area contributed by atoms with Gasteiger partial charge in [-0.25, -0.2) is 0 Å². The van der Waals surface area contributed by atoms with Crippen molar-refractivity contribution in [3.8, 4) is 0 Å². The van der Waals surface area contributed by atoms with Gasteiger partial charge in [0.05, 0.1) is 11.0 Å². The van der Waals surface area contributed by atoms with Gasteiger partial charge in [0.25, 0.3) is 0 Å². The molecule has 98 valence electrons. The van der Waals surface area contributed by atoms with E-state index in [-0.39, 0.29) is 6.04 Å². The maximum Gasteiger partial charge on any atom is 0.183 e. The van der Waals surface area contributed by atoms with Crippen LogP contribution in [-0.4, -0.2) is 0 Å². The molecule has 0 aliphatic heterocycles. The van der Waals surface area contributed by atoms with Crippen molar-refractivity contribution in [2.75, 3.05) is 0 Å². The second-order valence-corrected chi connectivity index (χ2v) is 5.88. The molecular weight excluding hydrogens is 362 g/mol. The lowest BCUT2D eigenvalue weighted by molar-refractivity contribution is 0.441. The minimum atomic E-state index is 0.227. The summed E-state index contributed by atoms with van der Waals surface area (Å²) in [6, 6.07) is 4.25. The average Bonchev–Trinajstić information content (AvgIpc) is 2.79. The molecule has 0 bridgehead atoms. The molecule has 3 nitrogen and oxygen atoms in total. The van der Waals surface area contributed by atoms with E-state index in [9.17, 15) is 0 Å². The van der Waals surface area contributed by atoms with E-state index < -0.39 is 0 Å². The Morgan fingerprint density at radius 2 is 1.94 bits per heavy atom. The summed E-state index contributed by atoms with van der Waals surface area (Å²) in [5.41, 5.74) is 1.19. The van der Waals surface area contributed by atoms with Crippen molar-refractivity contribution < 1.29 is 8.83 Å². The van der Waals surface area contributed by atoms with E-state index in [4.69, 9.17) is 8.83 Å². The summed E-state index contributed by atoms with van der Waals surface area (Å²) in [7, 11) is 0. The van der Waals surface area contributed by atoms with Gasteiger partial charge >= 0.3 is 0 Å². The van der Waals surface area contributed by atoms with Crippen molar-refractivity contribution in [2.45, 2.75) is 33.4 Å². The Morgan fingerprint density at radius 3 is 2.44 bits per heavy atom. The Morgan fingerprint density at radius 1 is 1.22 bits per heavy atom. The minimum Gasteiger partial charge on any atom is -0.466 e. The van der Waals surface area contributed by atoms with Crippen LogP contribution < -0.4 is 5.32 Å². The second-order valence-electron chi connectivity index (χ2n) is 4.31. The van der Waals surface area contributed by atoms with E-state index >= 15 is 0 Å². The molecule has 1 N–H and O–H groups in total. The lowest BCUT2D eigenvalue weighted by atomic mass is 10.1.